The molecule has 0 saturated carbocycles. The zero-order valence-electron chi connectivity index (χ0n) is 18.3. The van der Waals surface area contributed by atoms with Crippen LogP contribution in [-0.2, 0) is 10.2 Å². The molecule has 0 aromatic heterocycles. The number of benzene rings is 3. The van der Waals surface area contributed by atoms with Gasteiger partial charge in [-0.1, -0.05) is 37.3 Å². The van der Waals surface area contributed by atoms with Crippen LogP contribution in [0.1, 0.15) is 49.9 Å². The van der Waals surface area contributed by atoms with Gasteiger partial charge in [-0.25, -0.2) is 0 Å². The number of ether oxygens (including phenoxy) is 2. The number of carbonyl (C=O) groups is 1. The number of esters is 1. The van der Waals surface area contributed by atoms with Crippen molar-refractivity contribution in [3.05, 3.63) is 83.4 Å². The van der Waals surface area contributed by atoms with Crippen LogP contribution in [0.5, 0.6) is 23.0 Å². The largest absolute Gasteiger partial charge is 0.508 e. The number of hydrogen-bond donors (Lipinski definition) is 3. The van der Waals surface area contributed by atoms with Gasteiger partial charge in [0.25, 0.3) is 0 Å². The lowest BCUT2D eigenvalue weighted by Gasteiger charge is -2.34. The third-order valence-corrected chi connectivity index (χ3v) is 6.03. The number of rotatable bonds is 6. The molecule has 1 aliphatic heterocycles. The number of nitrogens with one attached hydrogen (secondary N) is 1. The van der Waals surface area contributed by atoms with Crippen molar-refractivity contribution in [2.45, 2.75) is 44.9 Å². The van der Waals surface area contributed by atoms with Crippen molar-refractivity contribution in [2.75, 3.05) is 0 Å². The van der Waals surface area contributed by atoms with Crippen molar-refractivity contribution in [2.24, 2.45) is 0 Å². The van der Waals surface area contributed by atoms with E-state index in [1.165, 1.54) is 6.07 Å². The lowest BCUT2D eigenvalue weighted by atomic mass is 9.75. The maximum Gasteiger partial charge on any atom is 0.310 e. The van der Waals surface area contributed by atoms with E-state index in [4.69, 9.17) is 9.47 Å². The first kappa shape index (κ1) is 21.7. The monoisotopic (exact) mass is 433 g/mol. The Morgan fingerprint density at radius 1 is 1.06 bits per heavy atom. The molecule has 0 fully saturated rings. The minimum atomic E-state index is -0.876. The molecule has 1 aliphatic rings. The molecule has 3 N–H and O–H groups in total. The van der Waals surface area contributed by atoms with Crippen LogP contribution in [0.3, 0.4) is 0 Å². The predicted octanol–water partition coefficient (Wildman–Crippen LogP) is 4.79. The lowest BCUT2D eigenvalue weighted by molar-refractivity contribution is -0.134. The Morgan fingerprint density at radius 2 is 1.72 bits per heavy atom. The smallest absolute Gasteiger partial charge is 0.310 e. The summed E-state index contributed by atoms with van der Waals surface area (Å²) in [6, 6.07) is 19.5. The second kappa shape index (κ2) is 8.55. The molecule has 6 heteroatoms. The predicted molar refractivity (Wildman–Crippen MR) is 121 cm³/mol. The highest BCUT2D eigenvalue weighted by Gasteiger charge is 2.49. The van der Waals surface area contributed by atoms with Crippen LogP contribution in [0.25, 0.3) is 0 Å². The molecule has 0 unspecified atom stereocenters. The van der Waals surface area contributed by atoms with Crippen molar-refractivity contribution in [1.29, 1.82) is 0 Å². The first-order chi connectivity index (χ1) is 15.3. The van der Waals surface area contributed by atoms with E-state index >= 15 is 0 Å². The number of carbonyl (C=O) groups excluding carboxylic acids is 1. The van der Waals surface area contributed by atoms with Gasteiger partial charge < -0.3 is 19.7 Å². The standard InChI is InChI=1S/C26H27NO5/c1-4-24(30)31-22-12-10-18(28)14-20(22)26(3)21-15-19(29)11-13-23(21)32-25(26)27-16(2)17-8-6-5-7-9-17/h5-16,25,27-29H,4H2,1-3H3/t16-,25-,26+/m1/s1. The van der Waals surface area contributed by atoms with Gasteiger partial charge in [-0.05, 0) is 55.8 Å². The Balaban J connectivity index is 1.83. The third kappa shape index (κ3) is 3.89. The summed E-state index contributed by atoms with van der Waals surface area (Å²) in [5, 5.41) is 24.1. The number of phenolic OH excluding ortho intramolecular Hbond substituents is 2. The average molecular weight is 434 g/mol. The summed E-state index contributed by atoms with van der Waals surface area (Å²) in [4.78, 5) is 12.1. The van der Waals surface area contributed by atoms with E-state index in [2.05, 4.69) is 5.32 Å². The van der Waals surface area contributed by atoms with E-state index in [-0.39, 0.29) is 29.9 Å². The minimum Gasteiger partial charge on any atom is -0.508 e. The highest BCUT2D eigenvalue weighted by Crippen LogP contribution is 2.51. The van der Waals surface area contributed by atoms with Gasteiger partial charge in [0, 0.05) is 23.6 Å². The van der Waals surface area contributed by atoms with Crippen LogP contribution >= 0.6 is 0 Å². The summed E-state index contributed by atoms with van der Waals surface area (Å²) >= 11 is 0. The van der Waals surface area contributed by atoms with Crippen molar-refractivity contribution in [1.82, 2.24) is 5.32 Å². The first-order valence-corrected chi connectivity index (χ1v) is 10.7. The zero-order chi connectivity index (χ0) is 22.9. The summed E-state index contributed by atoms with van der Waals surface area (Å²) in [7, 11) is 0. The maximum absolute atomic E-state index is 12.1. The van der Waals surface area contributed by atoms with Gasteiger partial charge in [0.2, 0.25) is 0 Å². The van der Waals surface area contributed by atoms with E-state index in [0.717, 1.165) is 11.1 Å². The Kier molecular flexibility index (Phi) is 5.80. The molecule has 0 aliphatic carbocycles. The van der Waals surface area contributed by atoms with Gasteiger partial charge in [0.15, 0.2) is 6.23 Å². The van der Waals surface area contributed by atoms with Crippen molar-refractivity contribution in [3.63, 3.8) is 0 Å². The Labute approximate surface area is 187 Å². The fourth-order valence-corrected chi connectivity index (χ4v) is 4.17. The van der Waals surface area contributed by atoms with Crippen molar-refractivity contribution >= 4 is 5.97 Å². The van der Waals surface area contributed by atoms with Gasteiger partial charge in [-0.15, -0.1) is 0 Å². The van der Waals surface area contributed by atoms with E-state index < -0.39 is 11.6 Å². The summed E-state index contributed by atoms with van der Waals surface area (Å²) in [5.41, 5.74) is 1.53. The molecule has 0 bridgehead atoms. The van der Waals surface area contributed by atoms with E-state index in [9.17, 15) is 15.0 Å². The van der Waals surface area contributed by atoms with Gasteiger partial charge in [-0.3, -0.25) is 10.1 Å². The molecule has 32 heavy (non-hydrogen) atoms. The summed E-state index contributed by atoms with van der Waals surface area (Å²) in [5.74, 6) is 0.719. The third-order valence-electron chi connectivity index (χ3n) is 6.03. The molecule has 0 radical (unpaired) electrons. The first-order valence-electron chi connectivity index (χ1n) is 10.7. The molecule has 3 aromatic carbocycles. The Bertz CT molecular complexity index is 1130. The van der Waals surface area contributed by atoms with Gasteiger partial charge in [0.05, 0.1) is 5.41 Å². The number of phenols is 2. The van der Waals surface area contributed by atoms with Crippen molar-refractivity contribution in [3.8, 4) is 23.0 Å². The van der Waals surface area contributed by atoms with Crippen LogP contribution in [0, 0.1) is 0 Å². The number of hydrogen-bond acceptors (Lipinski definition) is 6. The molecule has 1 heterocycles. The Morgan fingerprint density at radius 3 is 2.41 bits per heavy atom. The fourth-order valence-electron chi connectivity index (χ4n) is 4.17. The molecular weight excluding hydrogens is 406 g/mol. The topological polar surface area (TPSA) is 88.0 Å². The molecular formula is C26H27NO5. The second-order valence-electron chi connectivity index (χ2n) is 8.19. The lowest BCUT2D eigenvalue weighted by Crippen LogP contribution is -2.48. The molecule has 0 amide bonds. The number of aromatic hydroxyl groups is 2. The summed E-state index contributed by atoms with van der Waals surface area (Å²) in [6.07, 6.45) is -0.340. The summed E-state index contributed by atoms with van der Waals surface area (Å²) < 4.78 is 11.9. The Hall–Kier alpha value is -3.51. The van der Waals surface area contributed by atoms with Crippen LogP contribution in [-0.4, -0.2) is 22.4 Å². The van der Waals surface area contributed by atoms with Gasteiger partial charge in [-0.2, -0.15) is 0 Å². The zero-order valence-corrected chi connectivity index (χ0v) is 18.3. The average Bonchev–Trinajstić information content (AvgIpc) is 3.07. The molecule has 3 aromatic rings. The molecule has 166 valence electrons. The number of fused-ring (bicyclic) bond motifs is 1. The minimum absolute atomic E-state index is 0.0426. The fraction of sp³-hybridized carbons (Fsp3) is 0.269. The normalized spacial score (nSPS) is 20.3. The van der Waals surface area contributed by atoms with E-state index in [1.54, 1.807) is 37.3 Å². The summed E-state index contributed by atoms with van der Waals surface area (Å²) in [6.45, 7) is 5.72. The van der Waals surface area contributed by atoms with E-state index in [1.807, 2.05) is 44.2 Å². The molecule has 4 rings (SSSR count). The van der Waals surface area contributed by atoms with Gasteiger partial charge in [0.1, 0.15) is 23.0 Å². The van der Waals surface area contributed by atoms with Crippen LogP contribution in [0.4, 0.5) is 0 Å². The molecule has 0 spiro atoms. The van der Waals surface area contributed by atoms with Crippen LogP contribution in [0.2, 0.25) is 0 Å². The van der Waals surface area contributed by atoms with Crippen LogP contribution in [0.15, 0.2) is 66.7 Å². The maximum atomic E-state index is 12.1. The SMILES string of the molecule is CCC(=O)Oc1ccc(O)cc1[C@@]1(C)c2cc(O)ccc2O[C@H]1N[C@H](C)c1ccccc1. The molecule has 3 atom stereocenters. The van der Waals surface area contributed by atoms with Crippen molar-refractivity contribution < 1.29 is 24.5 Å². The highest BCUT2D eigenvalue weighted by molar-refractivity contribution is 5.73. The quantitative estimate of drug-likeness (QED) is 0.383. The van der Waals surface area contributed by atoms with Gasteiger partial charge >= 0.3 is 5.97 Å². The molecule has 0 saturated heterocycles. The van der Waals surface area contributed by atoms with E-state index in [0.29, 0.717) is 17.1 Å². The molecule has 6 nitrogen and oxygen atoms in total. The highest BCUT2D eigenvalue weighted by atomic mass is 16.5. The van der Waals surface area contributed by atoms with Crippen LogP contribution < -0.4 is 14.8 Å². The second-order valence-corrected chi connectivity index (χ2v) is 8.19.